The summed E-state index contributed by atoms with van der Waals surface area (Å²) < 4.78 is 5.22. The average Bonchev–Trinajstić information content (AvgIpc) is 2.68. The summed E-state index contributed by atoms with van der Waals surface area (Å²) in [4.78, 5) is 3.90. The Hall–Kier alpha value is -2.09. The summed E-state index contributed by atoms with van der Waals surface area (Å²) in [5.74, 6) is 0.807. The van der Waals surface area contributed by atoms with Gasteiger partial charge in [0.2, 0.25) is 5.89 Å². The van der Waals surface area contributed by atoms with Crippen molar-refractivity contribution in [2.75, 3.05) is 12.4 Å². The lowest BCUT2D eigenvalue weighted by molar-refractivity contribution is 0.492. The molecule has 0 atom stereocenters. The summed E-state index contributed by atoms with van der Waals surface area (Å²) in [5, 5.41) is 20.5. The van der Waals surface area contributed by atoms with E-state index in [1.807, 2.05) is 0 Å². The summed E-state index contributed by atoms with van der Waals surface area (Å²) in [5.41, 5.74) is 0. The molecule has 8 heteroatoms. The van der Waals surface area contributed by atoms with Crippen LogP contribution in [0.3, 0.4) is 0 Å². The van der Waals surface area contributed by atoms with E-state index >= 15 is 0 Å². The Balaban J connectivity index is 2.05. The van der Waals surface area contributed by atoms with Crippen LogP contribution in [0.2, 0.25) is 0 Å². The molecule has 0 aliphatic carbocycles. The monoisotopic (exact) mass is 207 g/mol. The van der Waals surface area contributed by atoms with E-state index in [1.165, 1.54) is 12.4 Å². The second-order valence-corrected chi connectivity index (χ2v) is 2.62. The standard InChI is InChI=1S/C7H9N7O/c1-8-4-5-12-14-7(15-5)11-6-9-2-3-10-13-6/h2-3,8H,4H2,1H3,(H,9,11,13,14). The van der Waals surface area contributed by atoms with E-state index in [4.69, 9.17) is 4.42 Å². The topological polar surface area (TPSA) is 102 Å². The summed E-state index contributed by atoms with van der Waals surface area (Å²) in [6.07, 6.45) is 2.99. The van der Waals surface area contributed by atoms with Crippen molar-refractivity contribution in [3.05, 3.63) is 18.3 Å². The van der Waals surface area contributed by atoms with Crippen molar-refractivity contribution in [3.8, 4) is 0 Å². The molecule has 0 aliphatic rings. The normalized spacial score (nSPS) is 10.2. The van der Waals surface area contributed by atoms with Crippen LogP contribution in [-0.2, 0) is 6.54 Å². The van der Waals surface area contributed by atoms with Crippen LogP contribution in [-0.4, -0.2) is 32.4 Å². The van der Waals surface area contributed by atoms with Crippen molar-refractivity contribution < 1.29 is 4.42 Å². The summed E-state index contributed by atoms with van der Waals surface area (Å²) in [6.45, 7) is 0.516. The number of aromatic nitrogens is 5. The molecule has 78 valence electrons. The zero-order valence-electron chi connectivity index (χ0n) is 8.01. The van der Waals surface area contributed by atoms with E-state index in [0.29, 0.717) is 18.4 Å². The molecule has 15 heavy (non-hydrogen) atoms. The van der Waals surface area contributed by atoms with Gasteiger partial charge in [0.25, 0.3) is 5.95 Å². The highest BCUT2D eigenvalue weighted by Gasteiger charge is 2.05. The van der Waals surface area contributed by atoms with Gasteiger partial charge in [0.05, 0.1) is 18.9 Å². The van der Waals surface area contributed by atoms with E-state index in [0.717, 1.165) is 0 Å². The molecular weight excluding hydrogens is 198 g/mol. The molecule has 0 fully saturated rings. The number of nitrogens with zero attached hydrogens (tertiary/aromatic N) is 5. The fraction of sp³-hybridized carbons (Fsp3) is 0.286. The van der Waals surface area contributed by atoms with Gasteiger partial charge < -0.3 is 9.73 Å². The van der Waals surface area contributed by atoms with Crippen molar-refractivity contribution in [2.24, 2.45) is 0 Å². The third-order valence-electron chi connectivity index (χ3n) is 1.50. The van der Waals surface area contributed by atoms with Crippen LogP contribution in [0.15, 0.2) is 16.8 Å². The van der Waals surface area contributed by atoms with Crippen LogP contribution in [0, 0.1) is 0 Å². The van der Waals surface area contributed by atoms with Crippen molar-refractivity contribution >= 4 is 12.0 Å². The Morgan fingerprint density at radius 1 is 1.27 bits per heavy atom. The Labute approximate surface area is 85.1 Å². The largest absolute Gasteiger partial charge is 0.406 e. The van der Waals surface area contributed by atoms with Gasteiger partial charge in [-0.2, -0.15) is 5.10 Å². The molecule has 0 saturated carbocycles. The van der Waals surface area contributed by atoms with E-state index in [2.05, 4.69) is 36.0 Å². The molecule has 0 radical (unpaired) electrons. The van der Waals surface area contributed by atoms with Crippen LogP contribution >= 0.6 is 0 Å². The summed E-state index contributed by atoms with van der Waals surface area (Å²) >= 11 is 0. The zero-order chi connectivity index (χ0) is 10.5. The SMILES string of the molecule is CNCc1nnc(Nc2nccnn2)o1. The average molecular weight is 207 g/mol. The first-order valence-corrected chi connectivity index (χ1v) is 4.26. The van der Waals surface area contributed by atoms with Crippen LogP contribution in [0.1, 0.15) is 5.89 Å². The van der Waals surface area contributed by atoms with Gasteiger partial charge in [-0.3, -0.25) is 5.32 Å². The molecule has 2 rings (SSSR count). The van der Waals surface area contributed by atoms with Crippen LogP contribution < -0.4 is 10.6 Å². The predicted molar refractivity (Wildman–Crippen MR) is 50.2 cm³/mol. The van der Waals surface area contributed by atoms with Gasteiger partial charge in [0.15, 0.2) is 0 Å². The van der Waals surface area contributed by atoms with E-state index in [1.54, 1.807) is 7.05 Å². The molecule has 0 saturated heterocycles. The molecule has 2 aromatic heterocycles. The number of rotatable bonds is 4. The van der Waals surface area contributed by atoms with Crippen LogP contribution in [0.5, 0.6) is 0 Å². The molecule has 0 amide bonds. The molecule has 0 aliphatic heterocycles. The molecule has 2 aromatic rings. The van der Waals surface area contributed by atoms with Crippen molar-refractivity contribution in [2.45, 2.75) is 6.54 Å². The van der Waals surface area contributed by atoms with Crippen molar-refractivity contribution in [1.82, 2.24) is 30.7 Å². The molecule has 8 nitrogen and oxygen atoms in total. The Bertz CT molecular complexity index is 414. The maximum Gasteiger partial charge on any atom is 0.322 e. The fourth-order valence-corrected chi connectivity index (χ4v) is 0.927. The van der Waals surface area contributed by atoms with Gasteiger partial charge in [-0.05, 0) is 7.05 Å². The van der Waals surface area contributed by atoms with Gasteiger partial charge >= 0.3 is 6.01 Å². The lowest BCUT2D eigenvalue weighted by atomic mass is 10.6. The highest BCUT2D eigenvalue weighted by Crippen LogP contribution is 2.09. The van der Waals surface area contributed by atoms with Crippen molar-refractivity contribution in [3.63, 3.8) is 0 Å². The van der Waals surface area contributed by atoms with Gasteiger partial charge in [0.1, 0.15) is 0 Å². The summed E-state index contributed by atoms with van der Waals surface area (Å²) in [7, 11) is 1.79. The smallest absolute Gasteiger partial charge is 0.322 e. The molecule has 2 heterocycles. The highest BCUT2D eigenvalue weighted by molar-refractivity contribution is 5.37. The Kier molecular flexibility index (Phi) is 2.79. The molecule has 2 N–H and O–H groups in total. The molecule has 0 unspecified atom stereocenters. The van der Waals surface area contributed by atoms with Crippen molar-refractivity contribution in [1.29, 1.82) is 0 Å². The first kappa shape index (κ1) is 9.46. The first-order valence-electron chi connectivity index (χ1n) is 4.26. The minimum Gasteiger partial charge on any atom is -0.406 e. The number of anilines is 2. The first-order chi connectivity index (χ1) is 7.38. The van der Waals surface area contributed by atoms with Crippen LogP contribution in [0.25, 0.3) is 0 Å². The van der Waals surface area contributed by atoms with E-state index in [9.17, 15) is 0 Å². The third kappa shape index (κ3) is 2.44. The predicted octanol–water partition coefficient (Wildman–Crippen LogP) is -0.282. The molecule has 0 spiro atoms. The molecular formula is C7H9N7O. The lowest BCUT2D eigenvalue weighted by Gasteiger charge is -1.95. The van der Waals surface area contributed by atoms with Crippen LogP contribution in [0.4, 0.5) is 12.0 Å². The Morgan fingerprint density at radius 2 is 2.20 bits per heavy atom. The molecule has 0 bridgehead atoms. The number of hydrogen-bond donors (Lipinski definition) is 2. The highest BCUT2D eigenvalue weighted by atomic mass is 16.4. The van der Waals surface area contributed by atoms with Gasteiger partial charge in [-0.1, -0.05) is 5.10 Å². The second-order valence-electron chi connectivity index (χ2n) is 2.62. The number of hydrogen-bond acceptors (Lipinski definition) is 8. The van der Waals surface area contributed by atoms with Gasteiger partial charge in [0, 0.05) is 0 Å². The Morgan fingerprint density at radius 3 is 2.93 bits per heavy atom. The quantitative estimate of drug-likeness (QED) is 0.705. The maximum atomic E-state index is 5.22. The number of nitrogens with one attached hydrogen (secondary N) is 2. The molecule has 0 aromatic carbocycles. The zero-order valence-corrected chi connectivity index (χ0v) is 8.01. The lowest BCUT2D eigenvalue weighted by Crippen LogP contribution is -2.04. The van der Waals surface area contributed by atoms with E-state index in [-0.39, 0.29) is 6.01 Å². The second kappa shape index (κ2) is 4.42. The third-order valence-corrected chi connectivity index (χ3v) is 1.50. The maximum absolute atomic E-state index is 5.22. The minimum atomic E-state index is 0.244. The minimum absolute atomic E-state index is 0.244. The van der Waals surface area contributed by atoms with E-state index < -0.39 is 0 Å². The summed E-state index contributed by atoms with van der Waals surface area (Å²) in [6, 6.07) is 0.244. The van der Waals surface area contributed by atoms with Gasteiger partial charge in [-0.25, -0.2) is 4.98 Å². The van der Waals surface area contributed by atoms with Gasteiger partial charge in [-0.15, -0.1) is 10.2 Å². The fourth-order valence-electron chi connectivity index (χ4n) is 0.927.